The Hall–Kier alpha value is -2.32. The third-order valence-electron chi connectivity index (χ3n) is 5.68. The molecule has 0 radical (unpaired) electrons. The average Bonchev–Trinajstić information content (AvgIpc) is 3.10. The van der Waals surface area contributed by atoms with Gasteiger partial charge in [-0.25, -0.2) is 13.8 Å². The van der Waals surface area contributed by atoms with Crippen LogP contribution in [0.4, 0.5) is 8.78 Å². The fourth-order valence-corrected chi connectivity index (χ4v) is 3.94. The van der Waals surface area contributed by atoms with Crippen molar-refractivity contribution in [3.05, 3.63) is 41.3 Å². The number of ether oxygens (including phenoxy) is 1. The van der Waals surface area contributed by atoms with Gasteiger partial charge in [-0.2, -0.15) is 0 Å². The molecule has 3 heterocycles. The number of nitrogens with zero attached hydrogens (tertiary/aromatic N) is 3. The van der Waals surface area contributed by atoms with Gasteiger partial charge in [-0.05, 0) is 51.1 Å². The number of oxazole rings is 1. The maximum Gasteiger partial charge on any atom is 0.229 e. The Bertz CT molecular complexity index is 872. The van der Waals surface area contributed by atoms with Gasteiger partial charge in [0.2, 0.25) is 11.8 Å². The minimum absolute atomic E-state index is 0.0224. The van der Waals surface area contributed by atoms with Crippen molar-refractivity contribution in [3.63, 3.8) is 0 Å². The smallest absolute Gasteiger partial charge is 0.229 e. The van der Waals surface area contributed by atoms with E-state index in [4.69, 9.17) is 9.15 Å². The normalized spacial score (nSPS) is 18.9. The minimum Gasteiger partial charge on any atom is -0.441 e. The van der Waals surface area contributed by atoms with Crippen molar-refractivity contribution in [2.24, 2.45) is 5.92 Å². The molecule has 2 saturated heterocycles. The number of carbonyl (C=O) groups excluding carboxylic acids is 1. The highest BCUT2D eigenvalue weighted by Crippen LogP contribution is 2.27. The number of rotatable bonds is 4. The lowest BCUT2D eigenvalue weighted by Crippen LogP contribution is -2.46. The van der Waals surface area contributed by atoms with E-state index in [2.05, 4.69) is 9.88 Å². The third-order valence-corrected chi connectivity index (χ3v) is 5.68. The van der Waals surface area contributed by atoms with E-state index in [1.807, 2.05) is 4.90 Å². The molecule has 8 heteroatoms. The van der Waals surface area contributed by atoms with E-state index in [1.165, 1.54) is 0 Å². The van der Waals surface area contributed by atoms with E-state index < -0.39 is 11.6 Å². The second-order valence-corrected chi connectivity index (χ2v) is 7.63. The van der Waals surface area contributed by atoms with Gasteiger partial charge in [0.05, 0.1) is 24.5 Å². The summed E-state index contributed by atoms with van der Waals surface area (Å²) >= 11 is 0. The van der Waals surface area contributed by atoms with Crippen LogP contribution < -0.4 is 0 Å². The van der Waals surface area contributed by atoms with Crippen LogP contribution in [0.3, 0.4) is 0 Å². The molecule has 0 spiro atoms. The van der Waals surface area contributed by atoms with Crippen LogP contribution >= 0.6 is 0 Å². The second-order valence-electron chi connectivity index (χ2n) is 7.63. The molecule has 2 aromatic rings. The van der Waals surface area contributed by atoms with Crippen LogP contribution in [0.15, 0.2) is 22.6 Å². The highest BCUT2D eigenvalue weighted by atomic mass is 19.1. The molecule has 1 aromatic heterocycles. The molecule has 0 bridgehead atoms. The summed E-state index contributed by atoms with van der Waals surface area (Å²) in [4.78, 5) is 21.2. The maximum absolute atomic E-state index is 14.0. The zero-order valence-corrected chi connectivity index (χ0v) is 16.5. The van der Waals surface area contributed by atoms with Crippen LogP contribution in [0.5, 0.6) is 0 Å². The first-order chi connectivity index (χ1) is 14.0. The molecule has 4 rings (SSSR count). The molecule has 2 aliphatic rings. The lowest BCUT2D eigenvalue weighted by Gasteiger charge is -2.35. The molecule has 156 valence electrons. The summed E-state index contributed by atoms with van der Waals surface area (Å²) in [6.45, 7) is 6.50. The lowest BCUT2D eigenvalue weighted by molar-refractivity contribution is -0.141. The molecule has 2 fully saturated rings. The van der Waals surface area contributed by atoms with Gasteiger partial charge in [0, 0.05) is 25.6 Å². The Balaban J connectivity index is 1.37. The molecule has 6 nitrogen and oxygen atoms in total. The van der Waals surface area contributed by atoms with Gasteiger partial charge in [0.15, 0.2) is 0 Å². The monoisotopic (exact) mass is 405 g/mol. The first kappa shape index (κ1) is 20.0. The Labute approximate surface area is 168 Å². The predicted molar refractivity (Wildman–Crippen MR) is 102 cm³/mol. The van der Waals surface area contributed by atoms with Gasteiger partial charge in [0.25, 0.3) is 0 Å². The lowest BCUT2D eigenvalue weighted by atomic mass is 9.95. The average molecular weight is 405 g/mol. The second kappa shape index (κ2) is 8.59. The number of piperidine rings is 1. The van der Waals surface area contributed by atoms with Crippen molar-refractivity contribution in [1.29, 1.82) is 0 Å². The summed E-state index contributed by atoms with van der Waals surface area (Å²) in [5.41, 5.74) is 0.732. The largest absolute Gasteiger partial charge is 0.441 e. The molecule has 0 aliphatic carbocycles. The summed E-state index contributed by atoms with van der Waals surface area (Å²) in [6, 6.07) is 3.23. The molecule has 0 saturated carbocycles. The molecule has 1 aromatic carbocycles. The van der Waals surface area contributed by atoms with Crippen molar-refractivity contribution in [2.75, 3.05) is 39.4 Å². The van der Waals surface area contributed by atoms with Gasteiger partial charge in [-0.3, -0.25) is 9.69 Å². The highest BCUT2D eigenvalue weighted by molar-refractivity contribution is 5.79. The number of benzene rings is 1. The molecule has 29 heavy (non-hydrogen) atoms. The summed E-state index contributed by atoms with van der Waals surface area (Å²) in [5.74, 6) is -0.136. The van der Waals surface area contributed by atoms with E-state index in [0.29, 0.717) is 44.3 Å². The Morgan fingerprint density at radius 3 is 2.62 bits per heavy atom. The molecule has 1 amide bonds. The summed E-state index contributed by atoms with van der Waals surface area (Å²) in [7, 11) is 0. The fourth-order valence-electron chi connectivity index (χ4n) is 3.94. The first-order valence-corrected chi connectivity index (χ1v) is 10.0. The third kappa shape index (κ3) is 4.48. The summed E-state index contributed by atoms with van der Waals surface area (Å²) in [5, 5.41) is 0. The van der Waals surface area contributed by atoms with Gasteiger partial charge in [-0.1, -0.05) is 0 Å². The minimum atomic E-state index is -0.568. The number of hydrogen-bond acceptors (Lipinski definition) is 5. The molecule has 0 atom stereocenters. The Morgan fingerprint density at radius 2 is 1.90 bits per heavy atom. The van der Waals surface area contributed by atoms with E-state index in [9.17, 15) is 13.6 Å². The number of likely N-dealkylation sites (tertiary alicyclic amines) is 1. The van der Waals surface area contributed by atoms with E-state index >= 15 is 0 Å². The van der Waals surface area contributed by atoms with Gasteiger partial charge in [0.1, 0.15) is 17.4 Å². The molecule has 2 aliphatic heterocycles. The fraction of sp³-hybridized carbons (Fsp3) is 0.524. The van der Waals surface area contributed by atoms with Crippen LogP contribution in [0.25, 0.3) is 11.5 Å². The quantitative estimate of drug-likeness (QED) is 0.783. The number of aromatic nitrogens is 1. The van der Waals surface area contributed by atoms with Crippen molar-refractivity contribution >= 4 is 5.91 Å². The van der Waals surface area contributed by atoms with Crippen molar-refractivity contribution in [3.8, 4) is 11.5 Å². The Kier molecular flexibility index (Phi) is 5.91. The van der Waals surface area contributed by atoms with Gasteiger partial charge < -0.3 is 14.1 Å². The standard InChI is InChI=1S/C21H25F2N3O3/c1-14-19(24-20(29-14)17-12-16(22)2-3-18(17)23)13-25-6-4-15(5-7-25)21(27)26-8-10-28-11-9-26/h2-3,12,15H,4-11,13H2,1H3. The van der Waals surface area contributed by atoms with E-state index in [0.717, 1.165) is 44.1 Å². The molecular formula is C21H25F2N3O3. The number of halogens is 2. The van der Waals surface area contributed by atoms with Gasteiger partial charge >= 0.3 is 0 Å². The first-order valence-electron chi connectivity index (χ1n) is 10.0. The molecule has 0 unspecified atom stereocenters. The molecular weight excluding hydrogens is 380 g/mol. The summed E-state index contributed by atoms with van der Waals surface area (Å²) in [6.07, 6.45) is 1.61. The SMILES string of the molecule is Cc1oc(-c2cc(F)ccc2F)nc1CN1CCC(C(=O)N2CCOCC2)CC1. The van der Waals surface area contributed by atoms with Crippen LogP contribution in [-0.2, 0) is 16.1 Å². The number of carbonyl (C=O) groups is 1. The highest BCUT2D eigenvalue weighted by Gasteiger charge is 2.30. The number of morpholine rings is 1. The summed E-state index contributed by atoms with van der Waals surface area (Å²) < 4.78 is 38.4. The predicted octanol–water partition coefficient (Wildman–Crippen LogP) is 3.00. The topological polar surface area (TPSA) is 58.8 Å². The van der Waals surface area contributed by atoms with Crippen LogP contribution in [0, 0.1) is 24.5 Å². The van der Waals surface area contributed by atoms with Crippen LogP contribution in [0.2, 0.25) is 0 Å². The number of amides is 1. The zero-order valence-electron chi connectivity index (χ0n) is 16.5. The number of hydrogen-bond donors (Lipinski definition) is 0. The van der Waals surface area contributed by atoms with Crippen molar-refractivity contribution in [1.82, 2.24) is 14.8 Å². The molecule has 0 N–H and O–H groups in total. The van der Waals surface area contributed by atoms with Crippen molar-refractivity contribution in [2.45, 2.75) is 26.3 Å². The van der Waals surface area contributed by atoms with Crippen LogP contribution in [0.1, 0.15) is 24.3 Å². The van der Waals surface area contributed by atoms with Crippen molar-refractivity contribution < 1.29 is 22.7 Å². The van der Waals surface area contributed by atoms with E-state index in [-0.39, 0.29) is 23.3 Å². The number of aryl methyl sites for hydroxylation is 1. The van der Waals surface area contributed by atoms with Crippen LogP contribution in [-0.4, -0.2) is 60.1 Å². The Morgan fingerprint density at radius 1 is 1.17 bits per heavy atom. The van der Waals surface area contributed by atoms with E-state index in [1.54, 1.807) is 6.92 Å². The van der Waals surface area contributed by atoms with Gasteiger partial charge in [-0.15, -0.1) is 0 Å². The zero-order chi connectivity index (χ0) is 20.4. The maximum atomic E-state index is 14.0.